The van der Waals surface area contributed by atoms with Crippen LogP contribution < -0.4 is 5.32 Å². The Morgan fingerprint density at radius 2 is 2.40 bits per heavy atom. The molecule has 0 aliphatic carbocycles. The van der Waals surface area contributed by atoms with E-state index in [0.29, 0.717) is 17.9 Å². The largest absolute Gasteiger partial charge is 0.308 e. The lowest BCUT2D eigenvalue weighted by Gasteiger charge is -2.04. The topological polar surface area (TPSA) is 70.7 Å². The quantitative estimate of drug-likeness (QED) is 0.811. The van der Waals surface area contributed by atoms with Crippen molar-refractivity contribution in [2.24, 2.45) is 5.92 Å². The van der Waals surface area contributed by atoms with Crippen LogP contribution in [-0.4, -0.2) is 15.7 Å². The van der Waals surface area contributed by atoms with Gasteiger partial charge in [0.05, 0.1) is 0 Å². The van der Waals surface area contributed by atoms with E-state index in [4.69, 9.17) is 5.26 Å². The van der Waals surface area contributed by atoms with Crippen LogP contribution >= 0.6 is 0 Å². The predicted molar refractivity (Wildman–Crippen MR) is 56.1 cm³/mol. The van der Waals surface area contributed by atoms with E-state index in [1.165, 1.54) is 0 Å². The minimum atomic E-state index is -0.132. The molecule has 0 aliphatic heterocycles. The highest BCUT2D eigenvalue weighted by molar-refractivity contribution is 5.92. The minimum absolute atomic E-state index is 0.122. The van der Waals surface area contributed by atoms with Gasteiger partial charge in [-0.3, -0.25) is 9.48 Å². The molecule has 0 saturated heterocycles. The maximum Gasteiger partial charge on any atom is 0.228 e. The number of carbonyl (C=O) groups excluding carboxylic acids is 1. The fourth-order valence-electron chi connectivity index (χ4n) is 1.02. The van der Waals surface area contributed by atoms with Crippen molar-refractivity contribution in [2.45, 2.75) is 27.3 Å². The second-order valence-electron chi connectivity index (χ2n) is 3.50. The molecule has 0 aromatic carbocycles. The first-order valence-electron chi connectivity index (χ1n) is 4.86. The maximum atomic E-state index is 11.4. The van der Waals surface area contributed by atoms with Gasteiger partial charge in [0.2, 0.25) is 5.91 Å². The Labute approximate surface area is 88.7 Å². The zero-order valence-electron chi connectivity index (χ0n) is 9.11. The zero-order chi connectivity index (χ0) is 11.4. The molecule has 15 heavy (non-hydrogen) atoms. The molecule has 1 aromatic heterocycles. The average Bonchev–Trinajstić information content (AvgIpc) is 2.60. The molecule has 1 amide bonds. The Kier molecular flexibility index (Phi) is 3.45. The normalized spacial score (nSPS) is 10.1. The lowest BCUT2D eigenvalue weighted by molar-refractivity contribution is -0.118. The summed E-state index contributed by atoms with van der Waals surface area (Å²) in [4.78, 5) is 11.4. The van der Waals surface area contributed by atoms with E-state index in [1.807, 2.05) is 13.0 Å². The fraction of sp³-hybridized carbons (Fsp3) is 0.500. The summed E-state index contributed by atoms with van der Waals surface area (Å²) < 4.78 is 1.62. The molecule has 5 nitrogen and oxygen atoms in total. The molecule has 0 saturated carbocycles. The van der Waals surface area contributed by atoms with Gasteiger partial charge in [0.15, 0.2) is 5.82 Å². The number of aryl methyl sites for hydroxylation is 1. The van der Waals surface area contributed by atoms with Crippen molar-refractivity contribution in [1.82, 2.24) is 9.78 Å². The van der Waals surface area contributed by atoms with Gasteiger partial charge in [-0.15, -0.1) is 0 Å². The fourth-order valence-corrected chi connectivity index (χ4v) is 1.02. The van der Waals surface area contributed by atoms with Crippen molar-refractivity contribution in [3.05, 3.63) is 11.8 Å². The van der Waals surface area contributed by atoms with Gasteiger partial charge < -0.3 is 5.32 Å². The third kappa shape index (κ3) is 2.56. The second-order valence-corrected chi connectivity index (χ2v) is 3.50. The van der Waals surface area contributed by atoms with E-state index >= 15 is 0 Å². The smallest absolute Gasteiger partial charge is 0.228 e. The Bertz CT molecular complexity index is 400. The van der Waals surface area contributed by atoms with Crippen molar-refractivity contribution in [3.8, 4) is 6.07 Å². The summed E-state index contributed by atoms with van der Waals surface area (Å²) in [6.45, 7) is 6.17. The molecule has 5 heteroatoms. The lowest BCUT2D eigenvalue weighted by atomic mass is 10.2. The molecule has 0 atom stereocenters. The van der Waals surface area contributed by atoms with E-state index in [9.17, 15) is 4.79 Å². The number of aromatic nitrogens is 2. The molecule has 1 rings (SSSR count). The number of nitriles is 1. The summed E-state index contributed by atoms with van der Waals surface area (Å²) in [6, 6.07) is 2.00. The summed E-state index contributed by atoms with van der Waals surface area (Å²) in [5, 5.41) is 15.5. The summed E-state index contributed by atoms with van der Waals surface area (Å²) in [5.74, 6) is 0.0919. The second kappa shape index (κ2) is 4.60. The van der Waals surface area contributed by atoms with Gasteiger partial charge in [-0.2, -0.15) is 10.4 Å². The highest BCUT2D eigenvalue weighted by Gasteiger charge is 2.13. The van der Waals surface area contributed by atoms with Crippen LogP contribution in [0.25, 0.3) is 0 Å². The Hall–Kier alpha value is -1.83. The van der Waals surface area contributed by atoms with Crippen molar-refractivity contribution < 1.29 is 4.79 Å². The van der Waals surface area contributed by atoms with E-state index in [0.717, 1.165) is 0 Å². The third-order valence-corrected chi connectivity index (χ3v) is 1.97. The van der Waals surface area contributed by atoms with Gasteiger partial charge >= 0.3 is 0 Å². The van der Waals surface area contributed by atoms with Crippen LogP contribution in [-0.2, 0) is 11.3 Å². The van der Waals surface area contributed by atoms with Gasteiger partial charge in [0.25, 0.3) is 0 Å². The lowest BCUT2D eigenvalue weighted by Crippen LogP contribution is -2.18. The van der Waals surface area contributed by atoms with Gasteiger partial charge in [-0.25, -0.2) is 0 Å². The van der Waals surface area contributed by atoms with E-state index < -0.39 is 0 Å². The van der Waals surface area contributed by atoms with Crippen LogP contribution in [0, 0.1) is 17.2 Å². The van der Waals surface area contributed by atoms with Crippen LogP contribution in [0.3, 0.4) is 0 Å². The van der Waals surface area contributed by atoms with Gasteiger partial charge in [-0.1, -0.05) is 13.8 Å². The number of anilines is 1. The summed E-state index contributed by atoms with van der Waals surface area (Å²) >= 11 is 0. The van der Waals surface area contributed by atoms with Crippen LogP contribution in [0.5, 0.6) is 0 Å². The van der Waals surface area contributed by atoms with Gasteiger partial charge in [-0.05, 0) is 6.92 Å². The first-order chi connectivity index (χ1) is 7.08. The number of carbonyl (C=O) groups is 1. The van der Waals surface area contributed by atoms with Crippen LogP contribution in [0.1, 0.15) is 26.3 Å². The molecule has 0 radical (unpaired) electrons. The predicted octanol–water partition coefficient (Wildman–Crippen LogP) is 1.37. The molecule has 0 fully saturated rings. The van der Waals surface area contributed by atoms with Crippen molar-refractivity contribution in [1.29, 1.82) is 5.26 Å². The molecule has 0 aliphatic rings. The molecule has 1 aromatic rings. The number of nitrogens with one attached hydrogen (secondary N) is 1. The SMILES string of the molecule is CCn1cc(C#N)c(NC(=O)C(C)C)n1. The van der Waals surface area contributed by atoms with Crippen molar-refractivity contribution in [3.63, 3.8) is 0 Å². The Balaban J connectivity index is 2.89. The summed E-state index contributed by atoms with van der Waals surface area (Å²) in [5.41, 5.74) is 0.394. The highest BCUT2D eigenvalue weighted by atomic mass is 16.1. The Morgan fingerprint density at radius 1 is 1.73 bits per heavy atom. The van der Waals surface area contributed by atoms with Crippen LogP contribution in [0.4, 0.5) is 5.82 Å². The van der Waals surface area contributed by atoms with E-state index in [2.05, 4.69) is 10.4 Å². The average molecular weight is 206 g/mol. The minimum Gasteiger partial charge on any atom is -0.308 e. The van der Waals surface area contributed by atoms with Gasteiger partial charge in [0.1, 0.15) is 11.6 Å². The maximum absolute atomic E-state index is 11.4. The van der Waals surface area contributed by atoms with Crippen LogP contribution in [0.15, 0.2) is 6.20 Å². The number of hydrogen-bond acceptors (Lipinski definition) is 3. The van der Waals surface area contributed by atoms with Crippen molar-refractivity contribution >= 4 is 11.7 Å². The molecule has 1 N–H and O–H groups in total. The van der Waals surface area contributed by atoms with Gasteiger partial charge in [0, 0.05) is 18.7 Å². The Morgan fingerprint density at radius 3 is 2.87 bits per heavy atom. The molecular formula is C10H14N4O. The standard InChI is InChI=1S/C10H14N4O/c1-4-14-6-8(5-11)9(13-14)12-10(15)7(2)3/h6-7H,4H2,1-3H3,(H,12,13,15). The number of rotatable bonds is 3. The molecule has 0 bridgehead atoms. The van der Waals surface area contributed by atoms with E-state index in [1.54, 1.807) is 24.7 Å². The first-order valence-corrected chi connectivity index (χ1v) is 4.86. The molecule has 1 heterocycles. The monoisotopic (exact) mass is 206 g/mol. The number of nitrogens with zero attached hydrogens (tertiary/aromatic N) is 3. The summed E-state index contributed by atoms with van der Waals surface area (Å²) in [6.07, 6.45) is 1.62. The zero-order valence-corrected chi connectivity index (χ0v) is 9.11. The van der Waals surface area contributed by atoms with E-state index in [-0.39, 0.29) is 11.8 Å². The highest BCUT2D eigenvalue weighted by Crippen LogP contribution is 2.12. The molecule has 0 unspecified atom stereocenters. The first kappa shape index (κ1) is 11.2. The third-order valence-electron chi connectivity index (χ3n) is 1.97. The van der Waals surface area contributed by atoms with Crippen molar-refractivity contribution in [2.75, 3.05) is 5.32 Å². The molecule has 80 valence electrons. The van der Waals surface area contributed by atoms with Crippen LogP contribution in [0.2, 0.25) is 0 Å². The molecule has 0 spiro atoms. The number of hydrogen-bond donors (Lipinski definition) is 1. The summed E-state index contributed by atoms with van der Waals surface area (Å²) in [7, 11) is 0. The molecular weight excluding hydrogens is 192 g/mol. The number of amides is 1.